The van der Waals surface area contributed by atoms with Crippen LogP contribution in [0.5, 0.6) is 0 Å². The fourth-order valence-corrected chi connectivity index (χ4v) is 3.61. The Bertz CT molecular complexity index is 1200. The minimum atomic E-state index is -0.216. The molecule has 0 aliphatic rings. The molecule has 0 aliphatic carbocycles. The molecule has 0 amide bonds. The largest absolute Gasteiger partial charge is 0.461 e. The summed E-state index contributed by atoms with van der Waals surface area (Å²) in [7, 11) is 1.84. The predicted octanol–water partition coefficient (Wildman–Crippen LogP) is 2.60. The summed E-state index contributed by atoms with van der Waals surface area (Å²) in [5.74, 6) is 2.14. The molecule has 0 bridgehead atoms. The van der Waals surface area contributed by atoms with E-state index < -0.39 is 0 Å². The van der Waals surface area contributed by atoms with E-state index in [1.807, 2.05) is 29.8 Å². The number of furan rings is 1. The topological polar surface area (TPSA) is 103 Å². The first-order valence-corrected chi connectivity index (χ1v) is 9.09. The van der Waals surface area contributed by atoms with Crippen LogP contribution < -0.4 is 5.56 Å². The third kappa shape index (κ3) is 3.11. The molecular weight excluding hydrogens is 364 g/mol. The van der Waals surface area contributed by atoms with Crippen molar-refractivity contribution in [2.75, 3.05) is 0 Å². The summed E-state index contributed by atoms with van der Waals surface area (Å²) < 4.78 is 8.58. The van der Waals surface area contributed by atoms with Gasteiger partial charge < -0.3 is 8.98 Å². The minimum Gasteiger partial charge on any atom is -0.461 e. The molecule has 4 rings (SSSR count). The Morgan fingerprint density at radius 1 is 1.22 bits per heavy atom. The Balaban J connectivity index is 1.67. The lowest BCUT2D eigenvalue weighted by molar-refractivity contribution is 0.572. The van der Waals surface area contributed by atoms with Gasteiger partial charge in [0.05, 0.1) is 29.0 Å². The van der Waals surface area contributed by atoms with E-state index in [2.05, 4.69) is 15.2 Å². The number of nitriles is 1. The quantitative estimate of drug-likeness (QED) is 0.492. The molecule has 4 aromatic rings. The van der Waals surface area contributed by atoms with Gasteiger partial charge in [-0.15, -0.1) is 10.2 Å². The zero-order chi connectivity index (χ0) is 18.8. The highest BCUT2D eigenvalue weighted by Gasteiger charge is 2.16. The van der Waals surface area contributed by atoms with Crippen molar-refractivity contribution in [3.8, 4) is 17.7 Å². The highest BCUT2D eigenvalue weighted by atomic mass is 32.2. The number of para-hydroxylation sites is 1. The Morgan fingerprint density at radius 2 is 2.07 bits per heavy atom. The van der Waals surface area contributed by atoms with Crippen LogP contribution >= 0.6 is 11.8 Å². The summed E-state index contributed by atoms with van der Waals surface area (Å²) >= 11 is 1.39. The Morgan fingerprint density at radius 3 is 2.85 bits per heavy atom. The summed E-state index contributed by atoms with van der Waals surface area (Å²) in [5, 5.41) is 18.6. The van der Waals surface area contributed by atoms with E-state index in [0.717, 1.165) is 0 Å². The molecule has 27 heavy (non-hydrogen) atoms. The third-order valence-electron chi connectivity index (χ3n) is 4.08. The number of rotatable bonds is 5. The second kappa shape index (κ2) is 7.09. The molecular formula is C18H14N6O2S. The number of nitrogens with zero attached hydrogens (tertiary/aromatic N) is 6. The molecule has 0 spiro atoms. The van der Waals surface area contributed by atoms with E-state index in [1.54, 1.807) is 30.5 Å². The summed E-state index contributed by atoms with van der Waals surface area (Å²) in [6, 6.07) is 12.8. The molecule has 8 nitrogen and oxygen atoms in total. The molecule has 3 heterocycles. The van der Waals surface area contributed by atoms with Gasteiger partial charge in [0.2, 0.25) is 0 Å². The highest BCUT2D eigenvalue weighted by Crippen LogP contribution is 2.25. The van der Waals surface area contributed by atoms with Gasteiger partial charge in [-0.25, -0.2) is 4.98 Å². The first kappa shape index (κ1) is 17.1. The average molecular weight is 378 g/mol. The van der Waals surface area contributed by atoms with Crippen LogP contribution in [-0.2, 0) is 19.3 Å². The molecule has 0 aliphatic heterocycles. The van der Waals surface area contributed by atoms with E-state index in [1.165, 1.54) is 16.3 Å². The molecule has 1 aromatic carbocycles. The van der Waals surface area contributed by atoms with Crippen molar-refractivity contribution in [2.24, 2.45) is 7.05 Å². The number of benzene rings is 1. The molecule has 0 radical (unpaired) electrons. The monoisotopic (exact) mass is 378 g/mol. The molecule has 0 saturated heterocycles. The van der Waals surface area contributed by atoms with Crippen molar-refractivity contribution >= 4 is 22.7 Å². The Hall–Kier alpha value is -3.38. The van der Waals surface area contributed by atoms with Gasteiger partial charge in [0, 0.05) is 7.05 Å². The normalized spacial score (nSPS) is 11.0. The van der Waals surface area contributed by atoms with Gasteiger partial charge in [-0.05, 0) is 24.3 Å². The van der Waals surface area contributed by atoms with Gasteiger partial charge in [0.25, 0.3) is 5.56 Å². The lowest BCUT2D eigenvalue weighted by atomic mass is 10.2. The Labute approximate surface area is 158 Å². The van der Waals surface area contributed by atoms with E-state index in [4.69, 9.17) is 9.68 Å². The summed E-state index contributed by atoms with van der Waals surface area (Å²) in [5.41, 5.74) is 0.397. The van der Waals surface area contributed by atoms with Crippen LogP contribution in [0.3, 0.4) is 0 Å². The maximum Gasteiger partial charge on any atom is 0.262 e. The van der Waals surface area contributed by atoms with Gasteiger partial charge in [-0.3, -0.25) is 9.36 Å². The smallest absolute Gasteiger partial charge is 0.262 e. The average Bonchev–Trinajstić information content (AvgIpc) is 3.32. The molecule has 9 heteroatoms. The predicted molar refractivity (Wildman–Crippen MR) is 99.9 cm³/mol. The van der Waals surface area contributed by atoms with E-state index in [9.17, 15) is 4.79 Å². The molecule has 134 valence electrons. The number of fused-ring (bicyclic) bond motifs is 1. The van der Waals surface area contributed by atoms with Crippen LogP contribution in [0.25, 0.3) is 22.5 Å². The fraction of sp³-hybridized carbons (Fsp3) is 0.167. The third-order valence-corrected chi connectivity index (χ3v) is 5.09. The fourth-order valence-electron chi connectivity index (χ4n) is 2.75. The van der Waals surface area contributed by atoms with Crippen molar-refractivity contribution < 1.29 is 4.42 Å². The van der Waals surface area contributed by atoms with Crippen molar-refractivity contribution in [3.63, 3.8) is 0 Å². The van der Waals surface area contributed by atoms with Crippen LogP contribution in [-0.4, -0.2) is 24.3 Å². The van der Waals surface area contributed by atoms with Crippen LogP contribution in [0.2, 0.25) is 0 Å². The summed E-state index contributed by atoms with van der Waals surface area (Å²) in [6.07, 6.45) is 1.58. The molecule has 0 fully saturated rings. The molecule has 0 atom stereocenters. The second-order valence-electron chi connectivity index (χ2n) is 5.73. The van der Waals surface area contributed by atoms with Gasteiger partial charge in [0.15, 0.2) is 16.7 Å². The lowest BCUT2D eigenvalue weighted by Crippen LogP contribution is -2.24. The molecule has 0 unspecified atom stereocenters. The Kier molecular flexibility index (Phi) is 4.48. The zero-order valence-corrected chi connectivity index (χ0v) is 15.2. The van der Waals surface area contributed by atoms with Gasteiger partial charge in [-0.1, -0.05) is 23.9 Å². The van der Waals surface area contributed by atoms with Crippen LogP contribution in [0.4, 0.5) is 0 Å². The lowest BCUT2D eigenvalue weighted by Gasteiger charge is -2.10. The van der Waals surface area contributed by atoms with Crippen molar-refractivity contribution in [1.82, 2.24) is 24.3 Å². The SMILES string of the molecule is Cn1c(SCc2nc3ccccc3c(=O)n2CC#N)nnc1-c1ccco1. The van der Waals surface area contributed by atoms with E-state index in [0.29, 0.717) is 39.2 Å². The van der Waals surface area contributed by atoms with Crippen LogP contribution in [0.1, 0.15) is 5.82 Å². The zero-order valence-electron chi connectivity index (χ0n) is 14.4. The minimum absolute atomic E-state index is 0.0526. The van der Waals surface area contributed by atoms with Gasteiger partial charge in [0.1, 0.15) is 12.4 Å². The summed E-state index contributed by atoms with van der Waals surface area (Å²) in [4.78, 5) is 17.3. The first-order valence-electron chi connectivity index (χ1n) is 8.10. The van der Waals surface area contributed by atoms with Crippen LogP contribution in [0, 0.1) is 11.3 Å². The summed E-state index contributed by atoms with van der Waals surface area (Å²) in [6.45, 7) is -0.0526. The van der Waals surface area contributed by atoms with Crippen molar-refractivity contribution in [1.29, 1.82) is 5.26 Å². The molecule has 3 aromatic heterocycles. The van der Waals surface area contributed by atoms with Gasteiger partial charge >= 0.3 is 0 Å². The number of hydrogen-bond acceptors (Lipinski definition) is 7. The van der Waals surface area contributed by atoms with Crippen molar-refractivity contribution in [2.45, 2.75) is 17.5 Å². The van der Waals surface area contributed by atoms with E-state index in [-0.39, 0.29) is 12.1 Å². The maximum atomic E-state index is 12.7. The van der Waals surface area contributed by atoms with E-state index >= 15 is 0 Å². The standard InChI is InChI=1S/C18H14N6O2S/c1-23-16(14-7-4-10-26-14)21-22-18(23)27-11-15-20-13-6-3-2-5-12(13)17(25)24(15)9-8-19/h2-7,10H,9,11H2,1H3. The highest BCUT2D eigenvalue weighted by molar-refractivity contribution is 7.98. The number of thioether (sulfide) groups is 1. The first-order chi connectivity index (χ1) is 13.2. The van der Waals surface area contributed by atoms with Crippen LogP contribution in [0.15, 0.2) is 57.0 Å². The maximum absolute atomic E-state index is 12.7. The number of hydrogen-bond donors (Lipinski definition) is 0. The van der Waals surface area contributed by atoms with Gasteiger partial charge in [-0.2, -0.15) is 5.26 Å². The molecule has 0 N–H and O–H groups in total. The van der Waals surface area contributed by atoms with Crippen molar-refractivity contribution in [3.05, 3.63) is 58.8 Å². The second-order valence-corrected chi connectivity index (χ2v) is 6.67. The number of aromatic nitrogens is 5. The molecule has 0 saturated carbocycles.